The highest BCUT2D eigenvalue weighted by Gasteiger charge is 2.17. The van der Waals surface area contributed by atoms with Gasteiger partial charge in [0.25, 0.3) is 0 Å². The largest absolute Gasteiger partial charge is 0.306 e. The van der Waals surface area contributed by atoms with Crippen LogP contribution in [-0.4, -0.2) is 11.5 Å². The van der Waals surface area contributed by atoms with Crippen LogP contribution in [0.3, 0.4) is 0 Å². The number of halogens is 1. The van der Waals surface area contributed by atoms with E-state index >= 15 is 0 Å². The minimum Gasteiger partial charge on any atom is -0.306 e. The summed E-state index contributed by atoms with van der Waals surface area (Å²) in [6.07, 6.45) is 4.80. The summed E-state index contributed by atoms with van der Waals surface area (Å²) in [4.78, 5) is 5.46. The molecule has 1 atom stereocenters. The fourth-order valence-electron chi connectivity index (χ4n) is 2.07. The quantitative estimate of drug-likeness (QED) is 0.893. The molecule has 4 heteroatoms. The van der Waals surface area contributed by atoms with E-state index in [1.807, 2.05) is 18.5 Å². The standard InChI is InChI=1S/C14H17ClN2S/c1-3-10-9-16-8-7-11(10)14(17-4-2)12-5-6-13(15)18-12/h5-9,14,17H,3-4H2,1-2H3. The van der Waals surface area contributed by atoms with Gasteiger partial charge in [-0.1, -0.05) is 25.4 Å². The molecule has 0 aliphatic rings. The van der Waals surface area contributed by atoms with Gasteiger partial charge in [0.1, 0.15) is 0 Å². The number of nitrogens with one attached hydrogen (secondary N) is 1. The van der Waals surface area contributed by atoms with E-state index in [9.17, 15) is 0 Å². The molecule has 0 spiro atoms. The second-order valence-corrected chi connectivity index (χ2v) is 5.81. The molecule has 2 heterocycles. The third kappa shape index (κ3) is 2.91. The lowest BCUT2D eigenvalue weighted by Gasteiger charge is -2.19. The van der Waals surface area contributed by atoms with Crippen LogP contribution in [0.4, 0.5) is 0 Å². The van der Waals surface area contributed by atoms with Crippen molar-refractivity contribution < 1.29 is 0 Å². The first-order valence-corrected chi connectivity index (χ1v) is 7.37. The molecule has 0 bridgehead atoms. The molecule has 2 rings (SSSR count). The first-order valence-electron chi connectivity index (χ1n) is 6.17. The first-order chi connectivity index (χ1) is 8.76. The van der Waals surface area contributed by atoms with Gasteiger partial charge in [0.05, 0.1) is 10.4 Å². The third-order valence-corrected chi connectivity index (χ3v) is 4.22. The molecule has 0 saturated carbocycles. The summed E-state index contributed by atoms with van der Waals surface area (Å²) in [6.45, 7) is 5.20. The Morgan fingerprint density at radius 3 is 2.78 bits per heavy atom. The minimum atomic E-state index is 0.213. The number of aromatic nitrogens is 1. The van der Waals surface area contributed by atoms with Crippen LogP contribution in [0.2, 0.25) is 4.34 Å². The van der Waals surface area contributed by atoms with E-state index in [4.69, 9.17) is 11.6 Å². The summed E-state index contributed by atoms with van der Waals surface area (Å²) >= 11 is 7.68. The highest BCUT2D eigenvalue weighted by atomic mass is 35.5. The van der Waals surface area contributed by atoms with Gasteiger partial charge in [-0.15, -0.1) is 11.3 Å². The topological polar surface area (TPSA) is 24.9 Å². The van der Waals surface area contributed by atoms with Gasteiger partial charge in [0.15, 0.2) is 0 Å². The van der Waals surface area contributed by atoms with Crippen LogP contribution < -0.4 is 5.32 Å². The van der Waals surface area contributed by atoms with Crippen LogP contribution in [-0.2, 0) is 6.42 Å². The molecule has 96 valence electrons. The van der Waals surface area contributed by atoms with E-state index < -0.39 is 0 Å². The minimum absolute atomic E-state index is 0.213. The Bertz CT molecular complexity index is 510. The summed E-state index contributed by atoms with van der Waals surface area (Å²) in [6, 6.07) is 6.36. The van der Waals surface area contributed by atoms with Crippen LogP contribution in [0.1, 0.15) is 35.9 Å². The molecular weight excluding hydrogens is 264 g/mol. The number of hydrogen-bond donors (Lipinski definition) is 1. The van der Waals surface area contributed by atoms with E-state index in [1.165, 1.54) is 16.0 Å². The highest BCUT2D eigenvalue weighted by molar-refractivity contribution is 7.16. The van der Waals surface area contributed by atoms with Crippen molar-refractivity contribution in [3.05, 3.63) is 50.9 Å². The normalized spacial score (nSPS) is 12.6. The predicted molar refractivity (Wildman–Crippen MR) is 78.5 cm³/mol. The molecular formula is C14H17ClN2S. The molecule has 0 radical (unpaired) electrons. The van der Waals surface area contributed by atoms with Gasteiger partial charge in [-0.25, -0.2) is 0 Å². The zero-order valence-electron chi connectivity index (χ0n) is 10.6. The first kappa shape index (κ1) is 13.5. The maximum absolute atomic E-state index is 6.04. The molecule has 0 saturated heterocycles. The monoisotopic (exact) mass is 280 g/mol. The average Bonchev–Trinajstić information content (AvgIpc) is 2.82. The predicted octanol–water partition coefficient (Wildman–Crippen LogP) is 4.06. The second-order valence-electron chi connectivity index (χ2n) is 4.06. The number of aryl methyl sites for hydroxylation is 1. The second kappa shape index (κ2) is 6.32. The average molecular weight is 281 g/mol. The van der Waals surface area contributed by atoms with Gasteiger partial charge >= 0.3 is 0 Å². The van der Waals surface area contributed by atoms with Crippen molar-refractivity contribution in [1.29, 1.82) is 0 Å². The Kier molecular flexibility index (Phi) is 4.75. The molecule has 2 aromatic rings. The molecule has 1 unspecified atom stereocenters. The van der Waals surface area contributed by atoms with Crippen LogP contribution in [0.25, 0.3) is 0 Å². The van der Waals surface area contributed by atoms with Crippen molar-refractivity contribution >= 4 is 22.9 Å². The Morgan fingerprint density at radius 1 is 1.33 bits per heavy atom. The molecule has 0 aliphatic heterocycles. The van der Waals surface area contributed by atoms with E-state index in [2.05, 4.69) is 36.3 Å². The van der Waals surface area contributed by atoms with Crippen molar-refractivity contribution in [3.63, 3.8) is 0 Å². The highest BCUT2D eigenvalue weighted by Crippen LogP contribution is 2.32. The maximum atomic E-state index is 6.04. The van der Waals surface area contributed by atoms with Crippen LogP contribution in [0.5, 0.6) is 0 Å². The molecule has 18 heavy (non-hydrogen) atoms. The van der Waals surface area contributed by atoms with E-state index in [0.717, 1.165) is 17.3 Å². The van der Waals surface area contributed by atoms with Crippen LogP contribution in [0, 0.1) is 0 Å². The van der Waals surface area contributed by atoms with Crippen molar-refractivity contribution in [2.24, 2.45) is 0 Å². The zero-order chi connectivity index (χ0) is 13.0. The van der Waals surface area contributed by atoms with Crippen molar-refractivity contribution in [3.8, 4) is 0 Å². The lowest BCUT2D eigenvalue weighted by atomic mass is 9.99. The van der Waals surface area contributed by atoms with Gasteiger partial charge in [-0.2, -0.15) is 0 Å². The lowest BCUT2D eigenvalue weighted by molar-refractivity contribution is 0.633. The summed E-state index contributed by atoms with van der Waals surface area (Å²) in [5.74, 6) is 0. The van der Waals surface area contributed by atoms with Crippen LogP contribution in [0.15, 0.2) is 30.6 Å². The van der Waals surface area contributed by atoms with Gasteiger partial charge < -0.3 is 5.32 Å². The number of thiophene rings is 1. The Balaban J connectivity index is 2.41. The fourth-order valence-corrected chi connectivity index (χ4v) is 3.22. The number of rotatable bonds is 5. The van der Waals surface area contributed by atoms with Gasteiger partial charge in [0, 0.05) is 17.3 Å². The van der Waals surface area contributed by atoms with Crippen molar-refractivity contribution in [2.45, 2.75) is 26.3 Å². The van der Waals surface area contributed by atoms with Crippen molar-refractivity contribution in [2.75, 3.05) is 6.54 Å². The van der Waals surface area contributed by atoms with E-state index in [-0.39, 0.29) is 6.04 Å². The third-order valence-electron chi connectivity index (χ3n) is 2.92. The summed E-state index contributed by atoms with van der Waals surface area (Å²) < 4.78 is 0.833. The Labute approximate surface area is 117 Å². The van der Waals surface area contributed by atoms with Gasteiger partial charge in [-0.05, 0) is 42.3 Å². The maximum Gasteiger partial charge on any atom is 0.0931 e. The molecule has 0 aromatic carbocycles. The van der Waals surface area contributed by atoms with Gasteiger partial charge in [-0.3, -0.25) is 4.98 Å². The smallest absolute Gasteiger partial charge is 0.0931 e. The number of pyridine rings is 1. The molecule has 0 amide bonds. The SMILES string of the molecule is CCNC(c1ccc(Cl)s1)c1ccncc1CC. The van der Waals surface area contributed by atoms with E-state index in [1.54, 1.807) is 11.3 Å². The summed E-state index contributed by atoms with van der Waals surface area (Å²) in [5.41, 5.74) is 2.58. The zero-order valence-corrected chi connectivity index (χ0v) is 12.2. The molecule has 0 fully saturated rings. The molecule has 1 N–H and O–H groups in total. The summed E-state index contributed by atoms with van der Waals surface area (Å²) in [5, 5.41) is 3.53. The summed E-state index contributed by atoms with van der Waals surface area (Å²) in [7, 11) is 0. The van der Waals surface area contributed by atoms with Gasteiger partial charge in [0.2, 0.25) is 0 Å². The molecule has 2 aromatic heterocycles. The lowest BCUT2D eigenvalue weighted by Crippen LogP contribution is -2.22. The molecule has 0 aliphatic carbocycles. The Morgan fingerprint density at radius 2 is 2.17 bits per heavy atom. The van der Waals surface area contributed by atoms with Crippen LogP contribution >= 0.6 is 22.9 Å². The molecule has 2 nitrogen and oxygen atoms in total. The Hall–Kier alpha value is -0.900. The van der Waals surface area contributed by atoms with E-state index in [0.29, 0.717) is 0 Å². The number of hydrogen-bond acceptors (Lipinski definition) is 3. The number of nitrogens with zero attached hydrogens (tertiary/aromatic N) is 1. The fraction of sp³-hybridized carbons (Fsp3) is 0.357. The van der Waals surface area contributed by atoms with Crippen molar-refractivity contribution in [1.82, 2.24) is 10.3 Å².